The van der Waals surface area contributed by atoms with E-state index >= 15 is 0 Å². The Kier molecular flexibility index (Phi) is 3.77. The van der Waals surface area contributed by atoms with Crippen LogP contribution in [0.1, 0.15) is 12.2 Å². The van der Waals surface area contributed by atoms with Crippen LogP contribution in [0.2, 0.25) is 0 Å². The van der Waals surface area contributed by atoms with E-state index in [1.165, 1.54) is 18.6 Å². The smallest absolute Gasteiger partial charge is 0.305 e. The average molecular weight is 249 g/mol. The van der Waals surface area contributed by atoms with Crippen LogP contribution in [-0.2, 0) is 16.0 Å². The molecule has 2 aromatic rings. The maximum absolute atomic E-state index is 11.0. The number of carbonyl (C=O) groups is 1. The maximum Gasteiger partial charge on any atom is 0.305 e. The monoisotopic (exact) mass is 249 g/mol. The van der Waals surface area contributed by atoms with E-state index in [1.807, 2.05) is 18.2 Å². The van der Waals surface area contributed by atoms with Crippen molar-refractivity contribution < 1.29 is 9.53 Å². The molecule has 0 aliphatic heterocycles. The van der Waals surface area contributed by atoms with Crippen LogP contribution in [0, 0.1) is 0 Å². The topological polar surface area (TPSA) is 65.0 Å². The van der Waals surface area contributed by atoms with Gasteiger partial charge in [-0.05, 0) is 23.7 Å². The van der Waals surface area contributed by atoms with Gasteiger partial charge in [-0.15, -0.1) is 0 Å². The normalized spacial score (nSPS) is 10.2. The highest BCUT2D eigenvalue weighted by Gasteiger charge is 2.09. The molecule has 6 heteroatoms. The highest BCUT2D eigenvalue weighted by molar-refractivity contribution is 7.09. The zero-order valence-electron chi connectivity index (χ0n) is 9.29. The molecule has 2 heterocycles. The van der Waals surface area contributed by atoms with Gasteiger partial charge in [-0.3, -0.25) is 9.78 Å². The quantitative estimate of drug-likeness (QED) is 0.772. The van der Waals surface area contributed by atoms with Crippen LogP contribution >= 0.6 is 11.5 Å². The molecule has 0 fully saturated rings. The van der Waals surface area contributed by atoms with Crippen molar-refractivity contribution in [2.24, 2.45) is 0 Å². The van der Waals surface area contributed by atoms with Crippen molar-refractivity contribution >= 4 is 17.5 Å². The Morgan fingerprint density at radius 2 is 2.35 bits per heavy atom. The summed E-state index contributed by atoms with van der Waals surface area (Å²) in [7, 11) is 1.37. The van der Waals surface area contributed by atoms with Crippen LogP contribution in [0.4, 0.5) is 0 Å². The molecule has 0 atom stereocenters. The Hall–Kier alpha value is -1.82. The number of hydrogen-bond donors (Lipinski definition) is 0. The Morgan fingerprint density at radius 3 is 3.06 bits per heavy atom. The summed E-state index contributed by atoms with van der Waals surface area (Å²) in [5.41, 5.74) is 0.800. The molecular weight excluding hydrogens is 238 g/mol. The summed E-state index contributed by atoms with van der Waals surface area (Å²) in [5.74, 6) is 0.403. The van der Waals surface area contributed by atoms with Gasteiger partial charge >= 0.3 is 5.97 Å². The summed E-state index contributed by atoms with van der Waals surface area (Å²) in [4.78, 5) is 19.5. The predicted octanol–water partition coefficient (Wildman–Crippen LogP) is 1.71. The molecule has 0 aliphatic carbocycles. The van der Waals surface area contributed by atoms with Gasteiger partial charge in [-0.25, -0.2) is 4.98 Å². The first kappa shape index (κ1) is 11.7. The summed E-state index contributed by atoms with van der Waals surface area (Å²) in [6.45, 7) is 0. The molecule has 0 saturated carbocycles. The fourth-order valence-electron chi connectivity index (χ4n) is 1.26. The number of aromatic nitrogens is 3. The number of nitrogens with zero attached hydrogens (tertiary/aromatic N) is 3. The lowest BCUT2D eigenvalue weighted by atomic mass is 10.3. The number of esters is 1. The summed E-state index contributed by atoms with van der Waals surface area (Å²) >= 11 is 1.29. The third-order valence-corrected chi connectivity index (χ3v) is 2.91. The molecular formula is C11H11N3O2S. The molecule has 88 valence electrons. The third kappa shape index (κ3) is 3.07. The molecule has 2 aromatic heterocycles. The lowest BCUT2D eigenvalue weighted by Crippen LogP contribution is -2.02. The summed E-state index contributed by atoms with van der Waals surface area (Å²) in [6.07, 6.45) is 2.51. The van der Waals surface area contributed by atoms with Crippen LogP contribution in [-0.4, -0.2) is 27.4 Å². The van der Waals surface area contributed by atoms with Gasteiger partial charge < -0.3 is 4.74 Å². The molecule has 0 unspecified atom stereocenters. The highest BCUT2D eigenvalue weighted by Crippen LogP contribution is 2.18. The molecule has 0 radical (unpaired) electrons. The van der Waals surface area contributed by atoms with Crippen LogP contribution in [0.5, 0.6) is 0 Å². The summed E-state index contributed by atoms with van der Waals surface area (Å²) < 4.78 is 8.74. The zero-order valence-corrected chi connectivity index (χ0v) is 10.1. The van der Waals surface area contributed by atoms with Gasteiger partial charge in [0.25, 0.3) is 0 Å². The van der Waals surface area contributed by atoms with Crippen molar-refractivity contribution in [2.45, 2.75) is 12.8 Å². The molecule has 5 nitrogen and oxygen atoms in total. The van der Waals surface area contributed by atoms with Crippen molar-refractivity contribution in [1.29, 1.82) is 0 Å². The van der Waals surface area contributed by atoms with Gasteiger partial charge in [0, 0.05) is 12.6 Å². The molecule has 0 aromatic carbocycles. The van der Waals surface area contributed by atoms with E-state index < -0.39 is 0 Å². The van der Waals surface area contributed by atoms with E-state index in [0.717, 1.165) is 10.7 Å². The van der Waals surface area contributed by atoms with Crippen molar-refractivity contribution in [2.75, 3.05) is 7.11 Å². The van der Waals surface area contributed by atoms with Crippen molar-refractivity contribution in [1.82, 2.24) is 14.3 Å². The van der Waals surface area contributed by atoms with Gasteiger partial charge in [-0.2, -0.15) is 4.37 Å². The predicted molar refractivity (Wildman–Crippen MR) is 63.5 cm³/mol. The molecule has 0 saturated heterocycles. The molecule has 0 N–H and O–H groups in total. The molecule has 2 rings (SSSR count). The fraction of sp³-hybridized carbons (Fsp3) is 0.273. The number of ether oxygens (including phenoxy) is 1. The fourth-order valence-corrected chi connectivity index (χ4v) is 1.95. The van der Waals surface area contributed by atoms with E-state index in [1.54, 1.807) is 6.20 Å². The van der Waals surface area contributed by atoms with Crippen LogP contribution in [0.25, 0.3) is 10.7 Å². The largest absolute Gasteiger partial charge is 0.469 e. The Morgan fingerprint density at radius 1 is 1.47 bits per heavy atom. The van der Waals surface area contributed by atoms with E-state index in [4.69, 9.17) is 0 Å². The number of rotatable bonds is 4. The van der Waals surface area contributed by atoms with Crippen LogP contribution in [0.15, 0.2) is 24.4 Å². The Bertz CT molecular complexity index is 498. The minimum atomic E-state index is -0.251. The van der Waals surface area contributed by atoms with Crippen molar-refractivity contribution in [3.63, 3.8) is 0 Å². The molecule has 0 bridgehead atoms. The number of carbonyl (C=O) groups excluding carboxylic acids is 1. The second kappa shape index (κ2) is 5.49. The third-order valence-electron chi connectivity index (χ3n) is 2.13. The second-order valence-corrected chi connectivity index (χ2v) is 4.06. The summed E-state index contributed by atoms with van der Waals surface area (Å²) in [5, 5.41) is 0.769. The summed E-state index contributed by atoms with van der Waals surface area (Å²) in [6, 6.07) is 5.63. The molecule has 0 aliphatic rings. The SMILES string of the molecule is COC(=O)CCc1nsc(-c2ccccn2)n1. The van der Waals surface area contributed by atoms with Gasteiger partial charge in [0.15, 0.2) is 5.01 Å². The average Bonchev–Trinajstić information content (AvgIpc) is 2.86. The minimum Gasteiger partial charge on any atom is -0.469 e. The first-order chi connectivity index (χ1) is 8.29. The first-order valence-electron chi connectivity index (χ1n) is 5.10. The van der Waals surface area contributed by atoms with Gasteiger partial charge in [0.1, 0.15) is 11.5 Å². The van der Waals surface area contributed by atoms with Gasteiger partial charge in [0.2, 0.25) is 0 Å². The van der Waals surface area contributed by atoms with Crippen LogP contribution < -0.4 is 0 Å². The van der Waals surface area contributed by atoms with Crippen molar-refractivity contribution in [3.05, 3.63) is 30.2 Å². The van der Waals surface area contributed by atoms with E-state index in [-0.39, 0.29) is 5.97 Å². The second-order valence-electron chi connectivity index (χ2n) is 3.31. The zero-order chi connectivity index (χ0) is 12.1. The Labute approximate surface area is 103 Å². The maximum atomic E-state index is 11.0. The molecule has 0 amide bonds. The minimum absolute atomic E-state index is 0.251. The number of methoxy groups -OCH3 is 1. The van der Waals surface area contributed by atoms with Gasteiger partial charge in [0.05, 0.1) is 13.5 Å². The van der Waals surface area contributed by atoms with Crippen LogP contribution in [0.3, 0.4) is 0 Å². The van der Waals surface area contributed by atoms with E-state index in [0.29, 0.717) is 18.7 Å². The number of aryl methyl sites for hydroxylation is 1. The first-order valence-corrected chi connectivity index (χ1v) is 5.87. The van der Waals surface area contributed by atoms with E-state index in [2.05, 4.69) is 19.1 Å². The lowest BCUT2D eigenvalue weighted by Gasteiger charge is -1.95. The molecule has 0 spiro atoms. The Balaban J connectivity index is 2.04. The van der Waals surface area contributed by atoms with Gasteiger partial charge in [-0.1, -0.05) is 6.07 Å². The van der Waals surface area contributed by atoms with Crippen molar-refractivity contribution in [3.8, 4) is 10.7 Å². The lowest BCUT2D eigenvalue weighted by molar-refractivity contribution is -0.140. The molecule has 17 heavy (non-hydrogen) atoms. The standard InChI is InChI=1S/C11H11N3O2S/c1-16-10(15)6-5-9-13-11(17-14-9)8-4-2-3-7-12-8/h2-4,7H,5-6H2,1H3. The number of pyridine rings is 1. The van der Waals surface area contributed by atoms with E-state index in [9.17, 15) is 4.79 Å². The highest BCUT2D eigenvalue weighted by atomic mass is 32.1. The number of hydrogen-bond acceptors (Lipinski definition) is 6.